The molecular weight excluding hydrogens is 397 g/mol. The summed E-state index contributed by atoms with van der Waals surface area (Å²) >= 11 is 12.8. The van der Waals surface area contributed by atoms with Gasteiger partial charge in [-0.3, -0.25) is 0 Å². The van der Waals surface area contributed by atoms with E-state index in [9.17, 15) is 4.79 Å². The van der Waals surface area contributed by atoms with E-state index in [4.69, 9.17) is 27.9 Å². The van der Waals surface area contributed by atoms with Gasteiger partial charge in [-0.05, 0) is 41.9 Å². The number of urea groups is 1. The highest BCUT2D eigenvalue weighted by atomic mass is 35.5. The quantitative estimate of drug-likeness (QED) is 0.782. The smallest absolute Gasteiger partial charge is 0.322 e. The average Bonchev–Trinajstić information content (AvgIpc) is 2.69. The minimum Gasteiger partial charge on any atom is -0.378 e. The summed E-state index contributed by atoms with van der Waals surface area (Å²) in [5.74, 6) is 0.0751. The minimum atomic E-state index is -0.0933. The van der Waals surface area contributed by atoms with E-state index in [0.29, 0.717) is 36.3 Å². The molecule has 5 nitrogen and oxygen atoms in total. The third-order valence-corrected chi connectivity index (χ3v) is 5.92. The maximum atomic E-state index is 12.7. The van der Waals surface area contributed by atoms with E-state index in [2.05, 4.69) is 23.3 Å². The zero-order valence-corrected chi connectivity index (χ0v) is 17.3. The van der Waals surface area contributed by atoms with Crippen LogP contribution in [0, 0.1) is 0 Å². The van der Waals surface area contributed by atoms with Gasteiger partial charge in [-0.1, -0.05) is 41.4 Å². The Morgan fingerprint density at radius 1 is 1.14 bits per heavy atom. The second-order valence-corrected chi connectivity index (χ2v) is 8.17. The molecule has 1 atom stereocenters. The van der Waals surface area contributed by atoms with E-state index >= 15 is 0 Å². The number of hydrogen-bond acceptors (Lipinski definition) is 3. The van der Waals surface area contributed by atoms with Crippen LogP contribution < -0.4 is 5.32 Å². The van der Waals surface area contributed by atoms with Crippen LogP contribution in [0.1, 0.15) is 22.6 Å². The lowest BCUT2D eigenvalue weighted by Crippen LogP contribution is -2.43. The number of rotatable bonds is 2. The van der Waals surface area contributed by atoms with Crippen LogP contribution in [-0.4, -0.2) is 55.7 Å². The number of ether oxygens (including phenoxy) is 1. The molecule has 28 heavy (non-hydrogen) atoms. The number of fused-ring (bicyclic) bond motifs is 1. The molecule has 2 aromatic carbocycles. The number of morpholine rings is 1. The number of amides is 2. The molecule has 7 heteroatoms. The van der Waals surface area contributed by atoms with Crippen LogP contribution in [0.5, 0.6) is 0 Å². The Hall–Kier alpha value is -1.79. The topological polar surface area (TPSA) is 44.8 Å². The molecule has 0 saturated carbocycles. The molecular formula is C21H23Cl2N3O2. The fourth-order valence-electron chi connectivity index (χ4n) is 3.99. The zero-order valence-electron chi connectivity index (χ0n) is 15.8. The molecule has 0 aliphatic carbocycles. The Morgan fingerprint density at radius 2 is 1.89 bits per heavy atom. The summed E-state index contributed by atoms with van der Waals surface area (Å²) in [4.78, 5) is 16.8. The highest BCUT2D eigenvalue weighted by Crippen LogP contribution is 2.40. The number of carbonyl (C=O) groups is 1. The van der Waals surface area contributed by atoms with Crippen molar-refractivity contribution in [2.45, 2.75) is 12.5 Å². The van der Waals surface area contributed by atoms with E-state index < -0.39 is 0 Å². The number of likely N-dealkylation sites (N-methyl/N-ethyl adjacent to an activating group) is 1. The van der Waals surface area contributed by atoms with E-state index in [1.54, 1.807) is 11.0 Å². The summed E-state index contributed by atoms with van der Waals surface area (Å²) in [6.45, 7) is 3.97. The second kappa shape index (κ2) is 8.29. The Balaban J connectivity index is 1.68. The first-order chi connectivity index (χ1) is 13.5. The SMILES string of the molecule is CN1Cc2c(Cl)cc(Cl)cc2C(c2ccccc2NC(=O)N2CCOCC2)C1. The lowest BCUT2D eigenvalue weighted by Gasteiger charge is -2.34. The fourth-order valence-corrected chi connectivity index (χ4v) is 4.56. The summed E-state index contributed by atoms with van der Waals surface area (Å²) in [5.41, 5.74) is 4.11. The summed E-state index contributed by atoms with van der Waals surface area (Å²) in [7, 11) is 2.08. The van der Waals surface area contributed by atoms with E-state index in [1.165, 1.54) is 0 Å². The van der Waals surface area contributed by atoms with Gasteiger partial charge in [0, 0.05) is 47.8 Å². The first kappa shape index (κ1) is 19.5. The number of hydrogen-bond donors (Lipinski definition) is 1. The van der Waals surface area contributed by atoms with Crippen molar-refractivity contribution in [1.82, 2.24) is 9.80 Å². The summed E-state index contributed by atoms with van der Waals surface area (Å²) in [5, 5.41) is 4.42. The normalized spacial score (nSPS) is 20.0. The lowest BCUT2D eigenvalue weighted by molar-refractivity contribution is 0.0564. The number of para-hydroxylation sites is 1. The van der Waals surface area contributed by atoms with Crippen molar-refractivity contribution in [3.63, 3.8) is 0 Å². The van der Waals surface area contributed by atoms with Crippen molar-refractivity contribution in [2.24, 2.45) is 0 Å². The van der Waals surface area contributed by atoms with Crippen LogP contribution in [0.2, 0.25) is 10.0 Å². The standard InChI is InChI=1S/C21H23Cl2N3O2/c1-25-12-17(16-10-14(22)11-19(23)18(16)13-25)15-4-2-3-5-20(15)24-21(27)26-6-8-28-9-7-26/h2-5,10-11,17H,6-9,12-13H2,1H3,(H,24,27). The molecule has 0 radical (unpaired) electrons. The van der Waals surface area contributed by atoms with Crippen LogP contribution in [0.3, 0.4) is 0 Å². The van der Waals surface area contributed by atoms with Crippen molar-refractivity contribution in [2.75, 3.05) is 45.2 Å². The molecule has 1 saturated heterocycles. The van der Waals surface area contributed by atoms with Gasteiger partial charge in [0.05, 0.1) is 13.2 Å². The second-order valence-electron chi connectivity index (χ2n) is 7.32. The van der Waals surface area contributed by atoms with Crippen LogP contribution in [0.25, 0.3) is 0 Å². The van der Waals surface area contributed by atoms with Gasteiger partial charge in [0.15, 0.2) is 0 Å². The molecule has 0 bridgehead atoms. The molecule has 2 aromatic rings. The number of carbonyl (C=O) groups excluding carboxylic acids is 1. The van der Waals surface area contributed by atoms with Gasteiger partial charge in [-0.2, -0.15) is 0 Å². The van der Waals surface area contributed by atoms with Crippen LogP contribution in [0.4, 0.5) is 10.5 Å². The van der Waals surface area contributed by atoms with Crippen LogP contribution in [-0.2, 0) is 11.3 Å². The third-order valence-electron chi connectivity index (χ3n) is 5.37. The molecule has 1 unspecified atom stereocenters. The molecule has 148 valence electrons. The first-order valence-corrected chi connectivity index (χ1v) is 10.2. The van der Waals surface area contributed by atoms with Crippen molar-refractivity contribution >= 4 is 34.9 Å². The molecule has 2 aliphatic heterocycles. The van der Waals surface area contributed by atoms with Gasteiger partial charge in [-0.15, -0.1) is 0 Å². The van der Waals surface area contributed by atoms with E-state index in [1.807, 2.05) is 24.3 Å². The van der Waals surface area contributed by atoms with Crippen LogP contribution >= 0.6 is 23.2 Å². The average molecular weight is 420 g/mol. The highest BCUT2D eigenvalue weighted by Gasteiger charge is 2.29. The number of nitrogens with zero attached hydrogens (tertiary/aromatic N) is 2. The fraction of sp³-hybridized carbons (Fsp3) is 0.381. The van der Waals surface area contributed by atoms with Gasteiger partial charge < -0.3 is 19.9 Å². The molecule has 0 spiro atoms. The Kier molecular flexibility index (Phi) is 5.78. The molecule has 0 aromatic heterocycles. The summed E-state index contributed by atoms with van der Waals surface area (Å²) in [6.07, 6.45) is 0. The molecule has 4 rings (SSSR count). The molecule has 2 amide bonds. The first-order valence-electron chi connectivity index (χ1n) is 9.42. The molecule has 1 N–H and O–H groups in total. The summed E-state index contributed by atoms with van der Waals surface area (Å²) in [6, 6.07) is 11.7. The Morgan fingerprint density at radius 3 is 2.68 bits per heavy atom. The van der Waals surface area contributed by atoms with Gasteiger partial charge in [0.1, 0.15) is 0 Å². The van der Waals surface area contributed by atoms with Crippen LogP contribution in [0.15, 0.2) is 36.4 Å². The predicted molar refractivity (Wildman–Crippen MR) is 112 cm³/mol. The van der Waals surface area contributed by atoms with Crippen molar-refractivity contribution in [3.8, 4) is 0 Å². The number of nitrogens with one attached hydrogen (secondary N) is 1. The maximum absolute atomic E-state index is 12.7. The van der Waals surface area contributed by atoms with Crippen molar-refractivity contribution < 1.29 is 9.53 Å². The minimum absolute atomic E-state index is 0.0751. The maximum Gasteiger partial charge on any atom is 0.322 e. The van der Waals surface area contributed by atoms with Gasteiger partial charge in [0.25, 0.3) is 0 Å². The molecule has 2 heterocycles. The lowest BCUT2D eigenvalue weighted by atomic mass is 9.84. The predicted octanol–water partition coefficient (Wildman–Crippen LogP) is 4.43. The number of anilines is 1. The molecule has 2 aliphatic rings. The van der Waals surface area contributed by atoms with Gasteiger partial charge >= 0.3 is 6.03 Å². The van der Waals surface area contributed by atoms with Crippen molar-refractivity contribution in [3.05, 3.63) is 63.1 Å². The third kappa shape index (κ3) is 3.98. The number of benzene rings is 2. The highest BCUT2D eigenvalue weighted by molar-refractivity contribution is 6.35. The Bertz CT molecular complexity index is 884. The largest absolute Gasteiger partial charge is 0.378 e. The number of halogens is 2. The molecule has 1 fully saturated rings. The van der Waals surface area contributed by atoms with Crippen molar-refractivity contribution in [1.29, 1.82) is 0 Å². The van der Waals surface area contributed by atoms with Gasteiger partial charge in [0.2, 0.25) is 0 Å². The monoisotopic (exact) mass is 419 g/mol. The van der Waals surface area contributed by atoms with E-state index in [0.717, 1.165) is 35.5 Å². The Labute approximate surface area is 175 Å². The summed E-state index contributed by atoms with van der Waals surface area (Å²) < 4.78 is 5.34. The van der Waals surface area contributed by atoms with Gasteiger partial charge in [-0.25, -0.2) is 4.79 Å². The zero-order chi connectivity index (χ0) is 19.7. The van der Waals surface area contributed by atoms with E-state index in [-0.39, 0.29) is 11.9 Å².